The van der Waals surface area contributed by atoms with Crippen LogP contribution in [0.2, 0.25) is 0 Å². The first-order chi connectivity index (χ1) is 17.0. The van der Waals surface area contributed by atoms with Gasteiger partial charge in [0.2, 0.25) is 5.56 Å². The van der Waals surface area contributed by atoms with Gasteiger partial charge in [0.05, 0.1) is 22.7 Å². The van der Waals surface area contributed by atoms with Crippen molar-refractivity contribution in [1.82, 2.24) is 19.9 Å². The van der Waals surface area contributed by atoms with Crippen LogP contribution in [0, 0.1) is 23.0 Å². The molecule has 176 valence electrons. The summed E-state index contributed by atoms with van der Waals surface area (Å²) in [5.41, 5.74) is 1.74. The number of aromatic nitrogens is 3. The molecule has 0 bridgehead atoms. The predicted octanol–water partition coefficient (Wildman–Crippen LogP) is 3.53. The molecule has 0 spiro atoms. The van der Waals surface area contributed by atoms with Gasteiger partial charge in [-0.1, -0.05) is 6.07 Å². The van der Waals surface area contributed by atoms with Gasteiger partial charge < -0.3 is 15.2 Å². The minimum Gasteiger partial charge on any atom is -0.351 e. The second-order valence-corrected chi connectivity index (χ2v) is 8.26. The number of H-pyrrole nitrogens is 1. The van der Waals surface area contributed by atoms with E-state index in [4.69, 9.17) is 9.97 Å². The summed E-state index contributed by atoms with van der Waals surface area (Å²) in [5, 5.41) is 12.4. The van der Waals surface area contributed by atoms with E-state index < -0.39 is 11.6 Å². The lowest BCUT2D eigenvalue weighted by Crippen LogP contribution is -2.46. The van der Waals surface area contributed by atoms with E-state index in [0.717, 1.165) is 12.1 Å². The first-order valence-corrected chi connectivity index (χ1v) is 11.1. The third-order valence-corrected chi connectivity index (χ3v) is 5.87. The van der Waals surface area contributed by atoms with Crippen LogP contribution < -0.4 is 15.8 Å². The summed E-state index contributed by atoms with van der Waals surface area (Å²) in [5.74, 6) is 0.632. The van der Waals surface area contributed by atoms with E-state index in [1.807, 2.05) is 4.90 Å². The number of rotatable bonds is 5. The summed E-state index contributed by atoms with van der Waals surface area (Å²) in [6.07, 6.45) is 0. The Kier molecular flexibility index (Phi) is 6.08. The summed E-state index contributed by atoms with van der Waals surface area (Å²) < 4.78 is 27.6. The maximum atomic E-state index is 14.1. The largest absolute Gasteiger partial charge is 0.351 e. The summed E-state index contributed by atoms with van der Waals surface area (Å²) in [7, 11) is 0. The Balaban J connectivity index is 1.42. The second-order valence-electron chi connectivity index (χ2n) is 8.26. The summed E-state index contributed by atoms with van der Waals surface area (Å²) in [4.78, 5) is 28.1. The zero-order chi connectivity index (χ0) is 24.4. The molecule has 5 rings (SSSR count). The normalized spacial score (nSPS) is 14.1. The molecule has 35 heavy (non-hydrogen) atoms. The van der Waals surface area contributed by atoms with Crippen molar-refractivity contribution in [2.75, 3.05) is 36.4 Å². The Hall–Kier alpha value is -4.36. The van der Waals surface area contributed by atoms with Crippen molar-refractivity contribution in [3.8, 4) is 6.07 Å². The average Bonchev–Trinajstić information content (AvgIpc) is 2.86. The number of nitrogens with zero attached hydrogens (tertiary/aromatic N) is 5. The lowest BCUT2D eigenvalue weighted by Gasteiger charge is -2.36. The van der Waals surface area contributed by atoms with Gasteiger partial charge in [0.25, 0.3) is 0 Å². The van der Waals surface area contributed by atoms with Crippen molar-refractivity contribution < 1.29 is 8.78 Å². The highest BCUT2D eigenvalue weighted by Crippen LogP contribution is 2.28. The molecule has 0 amide bonds. The fraction of sp³-hybridized carbons (Fsp3) is 0.200. The van der Waals surface area contributed by atoms with Crippen molar-refractivity contribution in [2.24, 2.45) is 0 Å². The number of aromatic amines is 1. The van der Waals surface area contributed by atoms with Crippen molar-refractivity contribution >= 4 is 28.5 Å². The lowest BCUT2D eigenvalue weighted by atomic mass is 10.1. The molecule has 2 N–H and O–H groups in total. The molecular formula is C25H21F2N7O. The molecule has 8 nitrogen and oxygen atoms in total. The molecule has 10 heteroatoms. The smallest absolute Gasteiger partial charge is 0.249 e. The molecule has 3 heterocycles. The monoisotopic (exact) mass is 473 g/mol. The van der Waals surface area contributed by atoms with E-state index in [0.29, 0.717) is 72.3 Å². The number of benzene rings is 2. The summed E-state index contributed by atoms with van der Waals surface area (Å²) in [6.45, 7) is 2.68. The number of pyridine rings is 1. The second kappa shape index (κ2) is 9.48. The molecule has 1 fully saturated rings. The maximum absolute atomic E-state index is 14.1. The van der Waals surface area contributed by atoms with Crippen LogP contribution in [0.1, 0.15) is 11.1 Å². The van der Waals surface area contributed by atoms with Gasteiger partial charge in [-0.3, -0.25) is 9.69 Å². The molecule has 0 aliphatic carbocycles. The molecule has 0 atom stereocenters. The number of anilines is 3. The van der Waals surface area contributed by atoms with Crippen LogP contribution >= 0.6 is 0 Å². The first kappa shape index (κ1) is 22.4. The van der Waals surface area contributed by atoms with E-state index in [1.54, 1.807) is 30.3 Å². The first-order valence-electron chi connectivity index (χ1n) is 11.1. The number of halogens is 2. The number of hydrogen-bond acceptors (Lipinski definition) is 7. The van der Waals surface area contributed by atoms with E-state index in [-0.39, 0.29) is 5.56 Å². The Morgan fingerprint density at radius 2 is 1.83 bits per heavy atom. The predicted molar refractivity (Wildman–Crippen MR) is 128 cm³/mol. The van der Waals surface area contributed by atoms with Gasteiger partial charge in [0, 0.05) is 44.4 Å². The number of fused-ring (bicyclic) bond motifs is 1. The maximum Gasteiger partial charge on any atom is 0.249 e. The number of piperazine rings is 1. The van der Waals surface area contributed by atoms with Crippen LogP contribution in [0.25, 0.3) is 11.0 Å². The van der Waals surface area contributed by atoms with Crippen LogP contribution in [0.4, 0.5) is 26.2 Å². The van der Waals surface area contributed by atoms with Gasteiger partial charge >= 0.3 is 0 Å². The lowest BCUT2D eigenvalue weighted by molar-refractivity contribution is 0.246. The molecule has 0 saturated carbocycles. The summed E-state index contributed by atoms with van der Waals surface area (Å²) in [6, 6.07) is 15.5. The Labute approximate surface area is 199 Å². The van der Waals surface area contributed by atoms with Crippen molar-refractivity contribution in [3.63, 3.8) is 0 Å². The van der Waals surface area contributed by atoms with Crippen LogP contribution in [-0.4, -0.2) is 46.0 Å². The van der Waals surface area contributed by atoms with Crippen LogP contribution in [0.5, 0.6) is 0 Å². The third-order valence-electron chi connectivity index (χ3n) is 5.87. The molecule has 1 aliphatic rings. The van der Waals surface area contributed by atoms with Gasteiger partial charge in [0.15, 0.2) is 11.6 Å². The molecule has 0 unspecified atom stereocenters. The molecule has 0 radical (unpaired) electrons. The van der Waals surface area contributed by atoms with E-state index in [1.165, 1.54) is 12.1 Å². The van der Waals surface area contributed by atoms with E-state index in [9.17, 15) is 18.8 Å². The fourth-order valence-electron chi connectivity index (χ4n) is 4.09. The number of nitriles is 1. The SMILES string of the molecule is N#Cc1ccc2nc(Nc3cccc(=O)[nH]3)c(N3CCN(Cc4cc(F)ccc4F)CC3)nc2c1. The standard InChI is InChI=1S/C25H21F2N7O/c26-18-5-6-19(27)17(13-18)15-33-8-10-34(11-9-33)25-24(32-22-2-1-3-23(35)31-22)29-20-7-4-16(14-28)12-21(20)30-25/h1-7,12-13H,8-11,15H2,(H2,29,31,32,35). The number of nitrogens with one attached hydrogen (secondary N) is 2. The van der Waals surface area contributed by atoms with Gasteiger partial charge in [-0.2, -0.15) is 5.26 Å². The van der Waals surface area contributed by atoms with E-state index in [2.05, 4.69) is 21.3 Å². The fourth-order valence-corrected chi connectivity index (χ4v) is 4.09. The van der Waals surface area contributed by atoms with Gasteiger partial charge in [-0.15, -0.1) is 0 Å². The van der Waals surface area contributed by atoms with Gasteiger partial charge in [0.1, 0.15) is 17.5 Å². The van der Waals surface area contributed by atoms with Crippen molar-refractivity contribution in [3.05, 3.63) is 87.7 Å². The Bertz CT molecular complexity index is 1490. The van der Waals surface area contributed by atoms with Crippen molar-refractivity contribution in [1.29, 1.82) is 5.26 Å². The minimum atomic E-state index is -0.460. The van der Waals surface area contributed by atoms with Crippen LogP contribution in [-0.2, 0) is 6.54 Å². The third kappa shape index (κ3) is 4.95. The van der Waals surface area contributed by atoms with Crippen molar-refractivity contribution in [2.45, 2.75) is 6.54 Å². The van der Waals surface area contributed by atoms with Gasteiger partial charge in [-0.05, 0) is 42.5 Å². The molecule has 1 aliphatic heterocycles. The van der Waals surface area contributed by atoms with Gasteiger partial charge in [-0.25, -0.2) is 18.7 Å². The minimum absolute atomic E-state index is 0.248. The Morgan fingerprint density at radius 1 is 1.00 bits per heavy atom. The average molecular weight is 473 g/mol. The zero-order valence-electron chi connectivity index (χ0n) is 18.6. The van der Waals surface area contributed by atoms with Crippen LogP contribution in [0.3, 0.4) is 0 Å². The highest BCUT2D eigenvalue weighted by Gasteiger charge is 2.23. The zero-order valence-corrected chi connectivity index (χ0v) is 18.6. The highest BCUT2D eigenvalue weighted by atomic mass is 19.1. The molecule has 4 aromatic rings. The molecule has 2 aromatic heterocycles. The Morgan fingerprint density at radius 3 is 2.60 bits per heavy atom. The molecular weight excluding hydrogens is 452 g/mol. The number of hydrogen-bond donors (Lipinski definition) is 2. The summed E-state index contributed by atoms with van der Waals surface area (Å²) >= 11 is 0. The van der Waals surface area contributed by atoms with Crippen LogP contribution in [0.15, 0.2) is 59.4 Å². The van der Waals surface area contributed by atoms with E-state index >= 15 is 0 Å². The molecule has 2 aromatic carbocycles. The quantitative estimate of drug-likeness (QED) is 0.457. The topological polar surface area (TPSA) is 101 Å². The highest BCUT2D eigenvalue weighted by molar-refractivity contribution is 5.83. The molecule has 1 saturated heterocycles.